The highest BCUT2D eigenvalue weighted by atomic mass is 16.1. The van der Waals surface area contributed by atoms with Crippen LogP contribution in [0.3, 0.4) is 0 Å². The summed E-state index contributed by atoms with van der Waals surface area (Å²) in [4.78, 5) is 17.7. The van der Waals surface area contributed by atoms with Gasteiger partial charge in [0, 0.05) is 58.8 Å². The molecule has 174 valence electrons. The number of rotatable bonds is 2. The van der Waals surface area contributed by atoms with Crippen LogP contribution in [-0.4, -0.2) is 19.9 Å². The van der Waals surface area contributed by atoms with Crippen LogP contribution in [0.25, 0.3) is 0 Å². The van der Waals surface area contributed by atoms with Crippen LogP contribution in [0.1, 0.15) is 51.7 Å². The fraction of sp³-hybridized carbons (Fsp3) is 0.323. The van der Waals surface area contributed by atoms with Gasteiger partial charge in [0.2, 0.25) is 0 Å². The smallest absolute Gasteiger partial charge is 0.185 e. The van der Waals surface area contributed by atoms with E-state index in [2.05, 4.69) is 124 Å². The molecule has 1 fully saturated rings. The number of allylic oxidation sites excluding steroid dienone is 8. The first-order valence-corrected chi connectivity index (χ1v) is 12.2. The summed E-state index contributed by atoms with van der Waals surface area (Å²) < 4.78 is 0. The molecule has 0 spiro atoms. The minimum Gasteiger partial charge on any atom is -0.347 e. The Morgan fingerprint density at radius 3 is 1.41 bits per heavy atom. The molecule has 0 amide bonds. The molecule has 0 N–H and O–H groups in total. The minimum absolute atomic E-state index is 0.0826. The average Bonchev–Trinajstić information content (AvgIpc) is 3.33. The number of nitrogens with zero attached hydrogens (tertiary/aromatic N) is 2. The van der Waals surface area contributed by atoms with Crippen molar-refractivity contribution in [3.05, 3.63) is 107 Å². The number of Topliss-reactive ketones (excluding diaryl/α,β-unsaturated/α-hetero) is 1. The average molecular weight is 451 g/mol. The van der Waals surface area contributed by atoms with E-state index in [4.69, 9.17) is 0 Å². The number of hydrogen-bond acceptors (Lipinski definition) is 3. The van der Waals surface area contributed by atoms with E-state index in [0.717, 1.165) is 24.0 Å². The normalized spacial score (nSPS) is 25.2. The number of benzene rings is 2. The monoisotopic (exact) mass is 450 g/mol. The molecule has 2 aromatic rings. The zero-order chi connectivity index (χ0) is 24.3. The highest BCUT2D eigenvalue weighted by Gasteiger charge is 2.39. The summed E-state index contributed by atoms with van der Waals surface area (Å²) in [5.74, 6) is 0.181. The van der Waals surface area contributed by atoms with Crippen molar-refractivity contribution in [2.45, 2.75) is 51.4 Å². The van der Waals surface area contributed by atoms with Gasteiger partial charge in [-0.1, -0.05) is 76.2 Å². The van der Waals surface area contributed by atoms with Crippen molar-refractivity contribution in [2.75, 3.05) is 23.9 Å². The molecule has 5 rings (SSSR count). The van der Waals surface area contributed by atoms with Gasteiger partial charge in [0.25, 0.3) is 0 Å². The third-order valence-electron chi connectivity index (χ3n) is 8.01. The molecule has 0 aromatic heterocycles. The molecule has 2 aromatic carbocycles. The van der Waals surface area contributed by atoms with E-state index >= 15 is 0 Å². The Morgan fingerprint density at radius 1 is 0.647 bits per heavy atom. The van der Waals surface area contributed by atoms with E-state index in [1.54, 1.807) is 0 Å². The molecular weight excluding hydrogens is 416 g/mol. The highest BCUT2D eigenvalue weighted by molar-refractivity contribution is 6.11. The van der Waals surface area contributed by atoms with Crippen LogP contribution in [-0.2, 0) is 15.6 Å². The molecule has 2 heterocycles. The quantitative estimate of drug-likeness (QED) is 0.469. The van der Waals surface area contributed by atoms with E-state index in [1.807, 2.05) is 0 Å². The Hall–Kier alpha value is -3.33. The van der Waals surface area contributed by atoms with Crippen molar-refractivity contribution < 1.29 is 4.79 Å². The van der Waals surface area contributed by atoms with Crippen LogP contribution in [0.5, 0.6) is 0 Å². The molecule has 0 bridgehead atoms. The minimum atomic E-state index is -0.0826. The Balaban J connectivity index is 1.41. The zero-order valence-corrected chi connectivity index (χ0v) is 21.1. The Kier molecular flexibility index (Phi) is 5.20. The molecule has 0 radical (unpaired) electrons. The second-order valence-corrected chi connectivity index (χ2v) is 10.7. The van der Waals surface area contributed by atoms with Crippen LogP contribution in [0.4, 0.5) is 11.4 Å². The Bertz CT molecular complexity index is 1200. The van der Waals surface area contributed by atoms with E-state index in [9.17, 15) is 4.79 Å². The number of ketones is 1. The fourth-order valence-electron chi connectivity index (χ4n) is 5.98. The molecule has 0 atom stereocenters. The van der Waals surface area contributed by atoms with E-state index in [-0.39, 0.29) is 16.6 Å². The van der Waals surface area contributed by atoms with Gasteiger partial charge < -0.3 is 9.80 Å². The van der Waals surface area contributed by atoms with Gasteiger partial charge in [-0.2, -0.15) is 0 Å². The molecule has 3 nitrogen and oxygen atoms in total. The number of para-hydroxylation sites is 2. The number of likely N-dealkylation sites (N-methyl/N-ethyl adjacent to an activating group) is 2. The van der Waals surface area contributed by atoms with Gasteiger partial charge in [-0.05, 0) is 48.3 Å². The molecule has 0 unspecified atom stereocenters. The number of hydrogen-bond donors (Lipinski definition) is 0. The first kappa shape index (κ1) is 22.5. The van der Waals surface area contributed by atoms with E-state index < -0.39 is 0 Å². The van der Waals surface area contributed by atoms with Crippen molar-refractivity contribution in [3.63, 3.8) is 0 Å². The van der Waals surface area contributed by atoms with Gasteiger partial charge in [-0.3, -0.25) is 4.79 Å². The second kappa shape index (κ2) is 7.87. The predicted molar refractivity (Wildman–Crippen MR) is 142 cm³/mol. The summed E-state index contributed by atoms with van der Waals surface area (Å²) in [6.45, 7) is 9.02. The fourth-order valence-corrected chi connectivity index (χ4v) is 5.98. The predicted octanol–water partition coefficient (Wildman–Crippen LogP) is 6.83. The first-order chi connectivity index (χ1) is 16.1. The lowest BCUT2D eigenvalue weighted by Crippen LogP contribution is -2.22. The zero-order valence-electron chi connectivity index (χ0n) is 21.1. The second-order valence-electron chi connectivity index (χ2n) is 10.7. The number of fused-ring (bicyclic) bond motifs is 2. The van der Waals surface area contributed by atoms with Crippen molar-refractivity contribution in [2.24, 2.45) is 0 Å². The van der Waals surface area contributed by atoms with Crippen LogP contribution in [0, 0.1) is 0 Å². The van der Waals surface area contributed by atoms with E-state index in [0.29, 0.717) is 0 Å². The number of anilines is 2. The Labute approximate surface area is 203 Å². The maximum absolute atomic E-state index is 13.2. The standard InChI is InChI=1S/C31H34N2O/c1-30(2)23-11-7-9-13-25(23)32(5)27(30)19-17-21-15-16-22(29(21)34)18-20-28-31(3,4)24-12-8-10-14-26(24)33(28)6/h7-14,17-20H,15-16H2,1-6H3/b21-17+,22-18+,27-19-,28-20+. The molecule has 3 heteroatoms. The summed E-state index contributed by atoms with van der Waals surface area (Å²) in [5, 5.41) is 0. The lowest BCUT2D eigenvalue weighted by Gasteiger charge is -2.23. The van der Waals surface area contributed by atoms with Crippen LogP contribution in [0.2, 0.25) is 0 Å². The first-order valence-electron chi connectivity index (χ1n) is 12.2. The maximum Gasteiger partial charge on any atom is 0.185 e. The summed E-state index contributed by atoms with van der Waals surface area (Å²) in [5.41, 5.74) is 9.23. The SMILES string of the molecule is CN1/C(=C\C=C2/CC/C(=C\C=C3\N(C)c4ccccc4C3(C)C)C2=O)C(C)(C)c2ccccc21. The van der Waals surface area contributed by atoms with Crippen LogP contribution < -0.4 is 9.80 Å². The molecule has 2 aliphatic heterocycles. The number of carbonyl (C=O) groups excluding carboxylic acids is 1. The topological polar surface area (TPSA) is 23.6 Å². The van der Waals surface area contributed by atoms with Crippen molar-refractivity contribution >= 4 is 17.2 Å². The molecular formula is C31H34N2O. The largest absolute Gasteiger partial charge is 0.347 e. The van der Waals surface area contributed by atoms with Crippen molar-refractivity contribution in [1.82, 2.24) is 0 Å². The summed E-state index contributed by atoms with van der Waals surface area (Å²) >= 11 is 0. The molecule has 1 saturated carbocycles. The lowest BCUT2D eigenvalue weighted by molar-refractivity contribution is -0.111. The van der Waals surface area contributed by atoms with E-state index in [1.165, 1.54) is 33.9 Å². The van der Waals surface area contributed by atoms with Gasteiger partial charge in [-0.15, -0.1) is 0 Å². The lowest BCUT2D eigenvalue weighted by atomic mass is 9.83. The molecule has 3 aliphatic rings. The maximum atomic E-state index is 13.2. The summed E-state index contributed by atoms with van der Waals surface area (Å²) in [6.07, 6.45) is 10.0. The van der Waals surface area contributed by atoms with Gasteiger partial charge in [0.15, 0.2) is 5.78 Å². The van der Waals surface area contributed by atoms with Crippen molar-refractivity contribution in [3.8, 4) is 0 Å². The highest BCUT2D eigenvalue weighted by Crippen LogP contribution is 2.48. The van der Waals surface area contributed by atoms with Gasteiger partial charge in [-0.25, -0.2) is 0 Å². The van der Waals surface area contributed by atoms with Crippen LogP contribution in [0.15, 0.2) is 95.4 Å². The number of carbonyl (C=O) groups is 1. The molecule has 1 aliphatic carbocycles. The Morgan fingerprint density at radius 2 is 1.03 bits per heavy atom. The van der Waals surface area contributed by atoms with Gasteiger partial charge >= 0.3 is 0 Å². The third kappa shape index (κ3) is 3.29. The van der Waals surface area contributed by atoms with Crippen molar-refractivity contribution in [1.29, 1.82) is 0 Å². The van der Waals surface area contributed by atoms with Gasteiger partial charge in [0.1, 0.15) is 0 Å². The summed E-state index contributed by atoms with van der Waals surface area (Å²) in [7, 11) is 4.23. The molecule has 0 saturated heterocycles. The summed E-state index contributed by atoms with van der Waals surface area (Å²) in [6, 6.07) is 17.1. The van der Waals surface area contributed by atoms with Crippen LogP contribution >= 0.6 is 0 Å². The third-order valence-corrected chi connectivity index (χ3v) is 8.01. The molecule has 34 heavy (non-hydrogen) atoms. The van der Waals surface area contributed by atoms with Gasteiger partial charge in [0.05, 0.1) is 0 Å².